The molecule has 0 bridgehead atoms. The van der Waals surface area contributed by atoms with Crippen LogP contribution in [0.1, 0.15) is 38.3 Å². The molecule has 5 nitrogen and oxygen atoms in total. The summed E-state index contributed by atoms with van der Waals surface area (Å²) in [5, 5.41) is 11.7. The third kappa shape index (κ3) is 2.96. The first-order valence-corrected chi connectivity index (χ1v) is 8.82. The Kier molecular flexibility index (Phi) is 4.50. The van der Waals surface area contributed by atoms with Crippen molar-refractivity contribution in [3.8, 4) is 6.07 Å². The van der Waals surface area contributed by atoms with E-state index in [0.29, 0.717) is 23.4 Å². The van der Waals surface area contributed by atoms with E-state index in [1.54, 1.807) is 24.3 Å². The minimum Gasteiger partial charge on any atom is -0.335 e. The summed E-state index contributed by atoms with van der Waals surface area (Å²) in [6.07, 6.45) is 1.18. The average molecular weight is 341 g/mol. The number of rotatable bonds is 5. The fourth-order valence-corrected chi connectivity index (χ4v) is 4.27. The summed E-state index contributed by atoms with van der Waals surface area (Å²) in [6, 6.07) is 7.60. The van der Waals surface area contributed by atoms with Crippen LogP contribution in [-0.2, 0) is 14.6 Å². The number of carbonyl (C=O) groups excluding carboxylic acids is 1. The molecule has 1 atom stereocenters. The molecule has 1 fully saturated rings. The first-order chi connectivity index (χ1) is 10.2. The number of hydrogen-bond donors (Lipinski definition) is 1. The fourth-order valence-electron chi connectivity index (χ4n) is 2.12. The van der Waals surface area contributed by atoms with E-state index >= 15 is 0 Å². The monoisotopic (exact) mass is 340 g/mol. The molecule has 1 aromatic rings. The van der Waals surface area contributed by atoms with E-state index in [4.69, 9.17) is 11.6 Å². The van der Waals surface area contributed by atoms with Crippen LogP contribution in [0.5, 0.6) is 0 Å². The standard InChI is InChI=1S/C15H17ClN2O3S/c1-15(2,22(20,21)10-7-8-10)14(19)18-13(9-17)11-5-3-4-6-12(11)16/h3-6,10,13H,7-8H2,1-2H3,(H,18,19)/t13-/m1/s1. The minimum atomic E-state index is -3.57. The van der Waals surface area contributed by atoms with Gasteiger partial charge in [0.15, 0.2) is 9.84 Å². The molecule has 0 unspecified atom stereocenters. The van der Waals surface area contributed by atoms with Gasteiger partial charge in [0.25, 0.3) is 0 Å². The molecule has 1 saturated carbocycles. The SMILES string of the molecule is CC(C)(C(=O)N[C@H](C#N)c1ccccc1Cl)S(=O)(=O)C1CC1. The van der Waals surface area contributed by atoms with Crippen molar-refractivity contribution in [2.75, 3.05) is 0 Å². The van der Waals surface area contributed by atoms with Crippen molar-refractivity contribution in [2.45, 2.75) is 42.7 Å². The Hall–Kier alpha value is -1.58. The number of nitrogens with one attached hydrogen (secondary N) is 1. The van der Waals surface area contributed by atoms with Crippen molar-refractivity contribution in [1.29, 1.82) is 5.26 Å². The van der Waals surface area contributed by atoms with Gasteiger partial charge in [-0.2, -0.15) is 5.26 Å². The highest BCUT2D eigenvalue weighted by molar-refractivity contribution is 7.94. The second-order valence-corrected chi connectivity index (χ2v) is 9.00. The largest absolute Gasteiger partial charge is 0.335 e. The summed E-state index contributed by atoms with van der Waals surface area (Å²) in [4.78, 5) is 12.4. The molecule has 0 aromatic heterocycles. The van der Waals surface area contributed by atoms with E-state index in [1.807, 2.05) is 6.07 Å². The van der Waals surface area contributed by atoms with Crippen LogP contribution < -0.4 is 5.32 Å². The number of sulfone groups is 1. The van der Waals surface area contributed by atoms with Gasteiger partial charge in [-0.25, -0.2) is 8.42 Å². The van der Waals surface area contributed by atoms with E-state index in [2.05, 4.69) is 5.32 Å². The van der Waals surface area contributed by atoms with Gasteiger partial charge >= 0.3 is 0 Å². The van der Waals surface area contributed by atoms with Crippen molar-refractivity contribution in [1.82, 2.24) is 5.32 Å². The van der Waals surface area contributed by atoms with E-state index in [1.165, 1.54) is 13.8 Å². The van der Waals surface area contributed by atoms with E-state index < -0.39 is 31.8 Å². The maximum atomic E-state index is 12.4. The van der Waals surface area contributed by atoms with Gasteiger partial charge in [0, 0.05) is 10.6 Å². The number of benzene rings is 1. The molecule has 0 saturated heterocycles. The van der Waals surface area contributed by atoms with Gasteiger partial charge < -0.3 is 5.32 Å². The van der Waals surface area contributed by atoms with E-state index in [0.717, 1.165) is 0 Å². The van der Waals surface area contributed by atoms with Crippen molar-refractivity contribution >= 4 is 27.3 Å². The lowest BCUT2D eigenvalue weighted by atomic mass is 10.1. The molecule has 1 amide bonds. The van der Waals surface area contributed by atoms with Crippen LogP contribution in [0.4, 0.5) is 0 Å². The molecule has 1 N–H and O–H groups in total. The lowest BCUT2D eigenvalue weighted by Crippen LogP contribution is -2.50. The third-order valence-corrected chi connectivity index (χ3v) is 7.14. The van der Waals surface area contributed by atoms with Gasteiger partial charge in [-0.15, -0.1) is 0 Å². The van der Waals surface area contributed by atoms with E-state index in [9.17, 15) is 18.5 Å². The molecule has 1 aliphatic carbocycles. The zero-order chi connectivity index (χ0) is 16.5. The van der Waals surface area contributed by atoms with Crippen LogP contribution >= 0.6 is 11.6 Å². The Bertz CT molecular complexity index is 733. The van der Waals surface area contributed by atoms with Crippen LogP contribution in [-0.4, -0.2) is 24.3 Å². The number of halogens is 1. The molecule has 0 radical (unpaired) electrons. The first kappa shape index (κ1) is 16.8. The quantitative estimate of drug-likeness (QED) is 0.891. The van der Waals surface area contributed by atoms with Crippen molar-refractivity contribution in [2.24, 2.45) is 0 Å². The normalized spacial score (nSPS) is 16.6. The van der Waals surface area contributed by atoms with Gasteiger partial charge in [-0.05, 0) is 32.8 Å². The Labute approximate surface area is 135 Å². The van der Waals surface area contributed by atoms with Gasteiger partial charge in [0.05, 0.1) is 11.3 Å². The van der Waals surface area contributed by atoms with Crippen LogP contribution in [0, 0.1) is 11.3 Å². The highest BCUT2D eigenvalue weighted by atomic mass is 35.5. The number of nitriles is 1. The van der Waals surface area contributed by atoms with Crippen molar-refractivity contribution < 1.29 is 13.2 Å². The molecule has 0 spiro atoms. The lowest BCUT2D eigenvalue weighted by Gasteiger charge is -2.25. The summed E-state index contributed by atoms with van der Waals surface area (Å²) in [5.41, 5.74) is 0.444. The molecule has 1 aliphatic rings. The summed E-state index contributed by atoms with van der Waals surface area (Å²) in [5.74, 6) is -0.689. The number of amides is 1. The lowest BCUT2D eigenvalue weighted by molar-refractivity contribution is -0.123. The second-order valence-electron chi connectivity index (χ2n) is 5.81. The maximum Gasteiger partial charge on any atom is 0.242 e. The Morgan fingerprint density at radius 1 is 1.41 bits per heavy atom. The molecule has 1 aromatic carbocycles. The smallest absolute Gasteiger partial charge is 0.242 e. The van der Waals surface area contributed by atoms with Crippen molar-refractivity contribution in [3.05, 3.63) is 34.9 Å². The maximum absolute atomic E-state index is 12.4. The topological polar surface area (TPSA) is 87.0 Å². The Balaban J connectivity index is 2.23. The third-order valence-electron chi connectivity index (χ3n) is 3.84. The molecular weight excluding hydrogens is 324 g/mol. The van der Waals surface area contributed by atoms with Crippen LogP contribution in [0.25, 0.3) is 0 Å². The molecule has 0 aliphatic heterocycles. The predicted molar refractivity (Wildman–Crippen MR) is 84.0 cm³/mol. The number of hydrogen-bond acceptors (Lipinski definition) is 4. The summed E-state index contributed by atoms with van der Waals surface area (Å²) in [7, 11) is -3.57. The van der Waals surface area contributed by atoms with Gasteiger partial charge in [0.2, 0.25) is 5.91 Å². The van der Waals surface area contributed by atoms with Crippen molar-refractivity contribution in [3.63, 3.8) is 0 Å². The number of nitrogens with zero attached hydrogens (tertiary/aromatic N) is 1. The number of carbonyl (C=O) groups is 1. The highest BCUT2D eigenvalue weighted by Crippen LogP contribution is 2.36. The Morgan fingerprint density at radius 3 is 2.50 bits per heavy atom. The molecule has 2 rings (SSSR count). The summed E-state index contributed by atoms with van der Waals surface area (Å²) < 4.78 is 23.1. The summed E-state index contributed by atoms with van der Waals surface area (Å²) >= 11 is 6.03. The minimum absolute atomic E-state index is 0.345. The molecular formula is C15H17ClN2O3S. The Morgan fingerprint density at radius 2 is 2.00 bits per heavy atom. The van der Waals surface area contributed by atoms with Gasteiger partial charge in [0.1, 0.15) is 10.8 Å². The zero-order valence-electron chi connectivity index (χ0n) is 12.3. The molecule has 22 heavy (non-hydrogen) atoms. The van der Waals surface area contributed by atoms with E-state index in [-0.39, 0.29) is 0 Å². The fraction of sp³-hybridized carbons (Fsp3) is 0.467. The van der Waals surface area contributed by atoms with Crippen LogP contribution in [0.3, 0.4) is 0 Å². The molecule has 7 heteroatoms. The average Bonchev–Trinajstić information content (AvgIpc) is 3.30. The van der Waals surface area contributed by atoms with Crippen LogP contribution in [0.15, 0.2) is 24.3 Å². The predicted octanol–water partition coefficient (Wildman–Crippen LogP) is 2.38. The second kappa shape index (κ2) is 5.90. The molecule has 118 valence electrons. The van der Waals surface area contributed by atoms with Gasteiger partial charge in [-0.3, -0.25) is 4.79 Å². The zero-order valence-corrected chi connectivity index (χ0v) is 13.9. The molecule has 0 heterocycles. The highest BCUT2D eigenvalue weighted by Gasteiger charge is 2.50. The van der Waals surface area contributed by atoms with Gasteiger partial charge in [-0.1, -0.05) is 29.8 Å². The summed E-state index contributed by atoms with van der Waals surface area (Å²) in [6.45, 7) is 2.74. The van der Waals surface area contributed by atoms with Crippen LogP contribution in [0.2, 0.25) is 5.02 Å². The first-order valence-electron chi connectivity index (χ1n) is 6.90.